The van der Waals surface area contributed by atoms with Gasteiger partial charge in [0.05, 0.1) is 20.1 Å². The summed E-state index contributed by atoms with van der Waals surface area (Å²) >= 11 is 0. The molecule has 0 heterocycles. The number of amides is 2. The van der Waals surface area contributed by atoms with Crippen LogP contribution in [0.1, 0.15) is 38.5 Å². The first kappa shape index (κ1) is 16.8. The topological polar surface area (TPSA) is 67.9 Å². The van der Waals surface area contributed by atoms with E-state index in [1.54, 1.807) is 12.0 Å². The van der Waals surface area contributed by atoms with Crippen LogP contribution in [0.25, 0.3) is 0 Å². The summed E-state index contributed by atoms with van der Waals surface area (Å²) in [5.41, 5.74) is 0. The normalized spacial score (nSPS) is 15.7. The first-order valence-electron chi connectivity index (χ1n) is 7.28. The minimum Gasteiger partial charge on any atom is -0.469 e. The molecule has 0 bridgehead atoms. The molecule has 1 saturated carbocycles. The highest BCUT2D eigenvalue weighted by atomic mass is 16.5. The number of rotatable bonds is 7. The zero-order valence-electron chi connectivity index (χ0n) is 12.5. The molecule has 6 heteroatoms. The van der Waals surface area contributed by atoms with E-state index < -0.39 is 0 Å². The van der Waals surface area contributed by atoms with Crippen molar-refractivity contribution in [3.63, 3.8) is 0 Å². The third-order valence-corrected chi connectivity index (χ3v) is 3.60. The van der Waals surface area contributed by atoms with Crippen LogP contribution in [0.3, 0.4) is 0 Å². The predicted molar refractivity (Wildman–Crippen MR) is 75.5 cm³/mol. The van der Waals surface area contributed by atoms with Gasteiger partial charge in [-0.25, -0.2) is 4.79 Å². The maximum atomic E-state index is 12.2. The molecule has 0 aromatic heterocycles. The number of urea groups is 1. The summed E-state index contributed by atoms with van der Waals surface area (Å²) in [4.78, 5) is 25.0. The smallest absolute Gasteiger partial charge is 0.317 e. The van der Waals surface area contributed by atoms with Crippen molar-refractivity contribution < 1.29 is 19.1 Å². The Bertz CT molecular complexity index is 304. The molecule has 0 saturated heterocycles. The van der Waals surface area contributed by atoms with E-state index in [9.17, 15) is 9.59 Å². The highest BCUT2D eigenvalue weighted by molar-refractivity contribution is 5.76. The lowest BCUT2D eigenvalue weighted by Crippen LogP contribution is -2.47. The second kappa shape index (κ2) is 9.58. The number of hydrogen-bond acceptors (Lipinski definition) is 4. The maximum absolute atomic E-state index is 12.2. The lowest BCUT2D eigenvalue weighted by Gasteiger charge is -2.28. The summed E-state index contributed by atoms with van der Waals surface area (Å²) in [5, 5.41) is 3.05. The lowest BCUT2D eigenvalue weighted by molar-refractivity contribution is -0.140. The van der Waals surface area contributed by atoms with Crippen LogP contribution in [-0.4, -0.2) is 56.9 Å². The van der Waals surface area contributed by atoms with Gasteiger partial charge >= 0.3 is 12.0 Å². The zero-order chi connectivity index (χ0) is 14.8. The van der Waals surface area contributed by atoms with Crippen molar-refractivity contribution in [3.8, 4) is 0 Å². The quantitative estimate of drug-likeness (QED) is 0.721. The largest absolute Gasteiger partial charge is 0.469 e. The van der Waals surface area contributed by atoms with Crippen molar-refractivity contribution in [2.45, 2.75) is 44.6 Å². The molecule has 0 unspecified atom stereocenters. The molecule has 0 spiro atoms. The van der Waals surface area contributed by atoms with Gasteiger partial charge in [0.15, 0.2) is 0 Å². The summed E-state index contributed by atoms with van der Waals surface area (Å²) in [6.07, 6.45) is 5.89. The maximum Gasteiger partial charge on any atom is 0.317 e. The van der Waals surface area contributed by atoms with Gasteiger partial charge in [0, 0.05) is 26.2 Å². The van der Waals surface area contributed by atoms with Crippen LogP contribution >= 0.6 is 0 Å². The summed E-state index contributed by atoms with van der Waals surface area (Å²) in [6, 6.07) is 0.150. The number of nitrogens with one attached hydrogen (secondary N) is 1. The molecule has 2 amide bonds. The highest BCUT2D eigenvalue weighted by Crippen LogP contribution is 2.17. The number of carbonyl (C=O) groups excluding carboxylic acids is 2. The van der Waals surface area contributed by atoms with Gasteiger partial charge in [0.1, 0.15) is 0 Å². The number of nitrogens with zero attached hydrogens (tertiary/aromatic N) is 1. The fourth-order valence-electron chi connectivity index (χ4n) is 2.36. The van der Waals surface area contributed by atoms with Gasteiger partial charge in [-0.2, -0.15) is 0 Å². The van der Waals surface area contributed by atoms with Crippen LogP contribution in [0.5, 0.6) is 0 Å². The average molecular weight is 286 g/mol. The minimum atomic E-state index is -0.308. The molecule has 0 atom stereocenters. The molecular formula is C14H26N2O4. The van der Waals surface area contributed by atoms with Crippen LogP contribution < -0.4 is 5.32 Å². The van der Waals surface area contributed by atoms with Crippen molar-refractivity contribution in [2.75, 3.05) is 33.9 Å². The van der Waals surface area contributed by atoms with E-state index in [0.29, 0.717) is 19.7 Å². The van der Waals surface area contributed by atoms with Crippen molar-refractivity contribution >= 4 is 12.0 Å². The first-order chi connectivity index (χ1) is 9.67. The standard InChI is InChI=1S/C14H26N2O4/c1-19-11-10-16(9-8-13(17)20-2)14(18)15-12-6-4-3-5-7-12/h12H,3-11H2,1-2H3,(H,15,18). The van der Waals surface area contributed by atoms with Gasteiger partial charge in [-0.15, -0.1) is 0 Å². The summed E-state index contributed by atoms with van der Waals surface area (Å²) in [7, 11) is 2.95. The Morgan fingerprint density at radius 2 is 1.85 bits per heavy atom. The van der Waals surface area contributed by atoms with E-state index in [-0.39, 0.29) is 24.5 Å². The zero-order valence-corrected chi connectivity index (χ0v) is 12.5. The summed E-state index contributed by atoms with van der Waals surface area (Å²) in [5.74, 6) is -0.308. The van der Waals surface area contributed by atoms with Crippen LogP contribution in [-0.2, 0) is 14.3 Å². The van der Waals surface area contributed by atoms with Gasteiger partial charge in [-0.1, -0.05) is 19.3 Å². The Balaban J connectivity index is 2.42. The lowest BCUT2D eigenvalue weighted by atomic mass is 9.96. The first-order valence-corrected chi connectivity index (χ1v) is 7.28. The van der Waals surface area contributed by atoms with Crippen molar-refractivity contribution in [1.29, 1.82) is 0 Å². The van der Waals surface area contributed by atoms with Crippen molar-refractivity contribution in [3.05, 3.63) is 0 Å². The molecule has 116 valence electrons. The number of carbonyl (C=O) groups is 2. The molecule has 20 heavy (non-hydrogen) atoms. The van der Waals surface area contributed by atoms with Gasteiger partial charge in [0.2, 0.25) is 0 Å². The SMILES string of the molecule is COCCN(CCC(=O)OC)C(=O)NC1CCCCC1. The van der Waals surface area contributed by atoms with E-state index in [0.717, 1.165) is 12.8 Å². The Morgan fingerprint density at radius 1 is 1.15 bits per heavy atom. The van der Waals surface area contributed by atoms with Gasteiger partial charge < -0.3 is 19.7 Å². The second-order valence-electron chi connectivity index (χ2n) is 5.09. The molecule has 0 radical (unpaired) electrons. The average Bonchev–Trinajstić information content (AvgIpc) is 2.47. The number of ether oxygens (including phenoxy) is 2. The van der Waals surface area contributed by atoms with Crippen LogP contribution in [0.4, 0.5) is 4.79 Å². The van der Waals surface area contributed by atoms with E-state index >= 15 is 0 Å². The summed E-state index contributed by atoms with van der Waals surface area (Å²) < 4.78 is 9.61. The molecule has 0 aromatic rings. The Hall–Kier alpha value is -1.30. The second-order valence-corrected chi connectivity index (χ2v) is 5.09. The number of hydrogen-bond donors (Lipinski definition) is 1. The fraction of sp³-hybridized carbons (Fsp3) is 0.857. The Morgan fingerprint density at radius 3 is 2.45 bits per heavy atom. The van der Waals surface area contributed by atoms with E-state index in [1.165, 1.54) is 26.4 Å². The van der Waals surface area contributed by atoms with Gasteiger partial charge in [-0.3, -0.25) is 4.79 Å². The summed E-state index contributed by atoms with van der Waals surface area (Å²) in [6.45, 7) is 1.29. The molecule has 6 nitrogen and oxygen atoms in total. The molecule has 1 fully saturated rings. The molecule has 1 rings (SSSR count). The van der Waals surface area contributed by atoms with Crippen LogP contribution in [0, 0.1) is 0 Å². The molecule has 1 aliphatic rings. The van der Waals surface area contributed by atoms with Gasteiger partial charge in [-0.05, 0) is 12.8 Å². The van der Waals surface area contributed by atoms with Gasteiger partial charge in [0.25, 0.3) is 0 Å². The Labute approximate surface area is 120 Å². The monoisotopic (exact) mass is 286 g/mol. The van der Waals surface area contributed by atoms with E-state index in [1.807, 2.05) is 0 Å². The van der Waals surface area contributed by atoms with E-state index in [2.05, 4.69) is 10.1 Å². The van der Waals surface area contributed by atoms with Crippen LogP contribution in [0.15, 0.2) is 0 Å². The fourth-order valence-corrected chi connectivity index (χ4v) is 2.36. The predicted octanol–water partition coefficient (Wildman–Crippen LogP) is 1.54. The minimum absolute atomic E-state index is 0.113. The van der Waals surface area contributed by atoms with Crippen LogP contribution in [0.2, 0.25) is 0 Å². The van der Waals surface area contributed by atoms with Crippen molar-refractivity contribution in [2.24, 2.45) is 0 Å². The third-order valence-electron chi connectivity index (χ3n) is 3.60. The molecule has 1 aliphatic carbocycles. The molecular weight excluding hydrogens is 260 g/mol. The number of methoxy groups -OCH3 is 2. The third kappa shape index (κ3) is 6.23. The molecule has 0 aliphatic heterocycles. The Kier molecular flexibility index (Phi) is 8.02. The molecule has 0 aromatic carbocycles. The van der Waals surface area contributed by atoms with Crippen molar-refractivity contribution in [1.82, 2.24) is 10.2 Å². The highest BCUT2D eigenvalue weighted by Gasteiger charge is 2.20. The molecule has 1 N–H and O–H groups in total. The number of esters is 1. The van der Waals surface area contributed by atoms with E-state index in [4.69, 9.17) is 4.74 Å².